The molecule has 0 aromatic heterocycles. The van der Waals surface area contributed by atoms with E-state index in [0.29, 0.717) is 12.6 Å². The van der Waals surface area contributed by atoms with Crippen molar-refractivity contribution in [2.45, 2.75) is 32.9 Å². The first-order chi connectivity index (χ1) is 9.02. The predicted octanol–water partition coefficient (Wildman–Crippen LogP) is 2.89. The third-order valence-electron chi connectivity index (χ3n) is 2.51. The Labute approximate surface area is 122 Å². The molecule has 0 aliphatic heterocycles. The van der Waals surface area contributed by atoms with E-state index in [1.165, 1.54) is 7.11 Å². The Balaban J connectivity index is 2.62. The van der Waals surface area contributed by atoms with Crippen LogP contribution in [-0.2, 0) is 16.1 Å². The quantitative estimate of drug-likeness (QED) is 0.781. The second-order valence-corrected chi connectivity index (χ2v) is 5.38. The molecule has 0 spiro atoms. The van der Waals surface area contributed by atoms with E-state index in [-0.39, 0.29) is 12.4 Å². The molecule has 1 aromatic carbocycles. The van der Waals surface area contributed by atoms with Gasteiger partial charge in [-0.3, -0.25) is 4.79 Å². The molecule has 5 heteroatoms. The lowest BCUT2D eigenvalue weighted by Crippen LogP contribution is -2.22. The fourth-order valence-electron chi connectivity index (χ4n) is 1.49. The van der Waals surface area contributed by atoms with Crippen molar-refractivity contribution in [2.24, 2.45) is 0 Å². The minimum atomic E-state index is -0.265. The predicted molar refractivity (Wildman–Crippen MR) is 78.2 cm³/mol. The van der Waals surface area contributed by atoms with Gasteiger partial charge in [-0.15, -0.1) is 0 Å². The molecule has 0 radical (unpaired) electrons. The molecule has 0 fully saturated rings. The molecular weight excluding hydrogens is 310 g/mol. The third-order valence-corrected chi connectivity index (χ3v) is 3.01. The van der Waals surface area contributed by atoms with Crippen LogP contribution in [0.3, 0.4) is 0 Å². The molecule has 0 saturated carbocycles. The van der Waals surface area contributed by atoms with Crippen LogP contribution >= 0.6 is 15.9 Å². The summed E-state index contributed by atoms with van der Waals surface area (Å²) in [6.45, 7) is 5.24. The average Bonchev–Trinajstić information content (AvgIpc) is 2.38. The van der Waals surface area contributed by atoms with Gasteiger partial charge in [0.15, 0.2) is 0 Å². The monoisotopic (exact) mass is 329 g/mol. The van der Waals surface area contributed by atoms with Gasteiger partial charge in [-0.2, -0.15) is 0 Å². The van der Waals surface area contributed by atoms with E-state index in [1.807, 2.05) is 18.2 Å². The molecule has 0 aliphatic carbocycles. The average molecular weight is 330 g/mol. The number of hydrogen-bond acceptors (Lipinski definition) is 4. The minimum absolute atomic E-state index is 0.254. The molecule has 1 aromatic rings. The van der Waals surface area contributed by atoms with Gasteiger partial charge in [-0.25, -0.2) is 0 Å². The van der Waals surface area contributed by atoms with Gasteiger partial charge < -0.3 is 14.8 Å². The van der Waals surface area contributed by atoms with Crippen molar-refractivity contribution < 1.29 is 14.3 Å². The van der Waals surface area contributed by atoms with Crippen LogP contribution in [0.15, 0.2) is 22.7 Å². The Morgan fingerprint density at radius 1 is 1.42 bits per heavy atom. The van der Waals surface area contributed by atoms with Crippen LogP contribution < -0.4 is 10.1 Å². The summed E-state index contributed by atoms with van der Waals surface area (Å²) in [5, 5.41) is 3.35. The Hall–Kier alpha value is -1.07. The lowest BCUT2D eigenvalue weighted by Gasteiger charge is -2.14. The third kappa shape index (κ3) is 6.07. The number of ether oxygens (including phenoxy) is 2. The molecule has 0 amide bonds. The molecule has 0 aliphatic rings. The molecule has 0 unspecified atom stereocenters. The first-order valence-corrected chi connectivity index (χ1v) is 7.03. The molecule has 0 atom stereocenters. The van der Waals surface area contributed by atoms with Crippen molar-refractivity contribution >= 4 is 21.9 Å². The zero-order valence-corrected chi connectivity index (χ0v) is 13.1. The number of benzene rings is 1. The van der Waals surface area contributed by atoms with Crippen LogP contribution in [-0.4, -0.2) is 25.7 Å². The lowest BCUT2D eigenvalue weighted by molar-refractivity contribution is -0.141. The van der Waals surface area contributed by atoms with Crippen LogP contribution in [0, 0.1) is 0 Å². The minimum Gasteiger partial charge on any atom is -0.493 e. The van der Waals surface area contributed by atoms with Crippen LogP contribution in [0.1, 0.15) is 25.8 Å². The number of nitrogens with one attached hydrogen (secondary N) is 1. The highest BCUT2D eigenvalue weighted by atomic mass is 79.9. The summed E-state index contributed by atoms with van der Waals surface area (Å²) in [6, 6.07) is 6.25. The molecule has 4 nitrogen and oxygen atoms in total. The second kappa shape index (κ2) is 8.17. The van der Waals surface area contributed by atoms with Crippen LogP contribution in [0.2, 0.25) is 0 Å². The number of rotatable bonds is 7. The molecule has 0 saturated heterocycles. The second-order valence-electron chi connectivity index (χ2n) is 4.46. The van der Waals surface area contributed by atoms with Crippen molar-refractivity contribution in [3.63, 3.8) is 0 Å². The van der Waals surface area contributed by atoms with Gasteiger partial charge in [-0.1, -0.05) is 29.8 Å². The van der Waals surface area contributed by atoms with Gasteiger partial charge >= 0.3 is 5.97 Å². The Kier molecular flexibility index (Phi) is 6.87. The molecule has 19 heavy (non-hydrogen) atoms. The highest BCUT2D eigenvalue weighted by Gasteiger charge is 2.07. The highest BCUT2D eigenvalue weighted by Crippen LogP contribution is 2.23. The van der Waals surface area contributed by atoms with Crippen LogP contribution in [0.4, 0.5) is 0 Å². The topological polar surface area (TPSA) is 47.6 Å². The van der Waals surface area contributed by atoms with Gasteiger partial charge in [0.1, 0.15) is 5.75 Å². The molecule has 1 rings (SSSR count). The number of esters is 1. The SMILES string of the molecule is COC(=O)CCOc1ccc(Br)cc1CNC(C)C. The maximum absolute atomic E-state index is 11.0. The van der Waals surface area contributed by atoms with Gasteiger partial charge in [0.2, 0.25) is 0 Å². The van der Waals surface area contributed by atoms with E-state index >= 15 is 0 Å². The number of carbonyl (C=O) groups is 1. The Bertz CT molecular complexity index is 421. The summed E-state index contributed by atoms with van der Waals surface area (Å²) in [5.41, 5.74) is 1.06. The van der Waals surface area contributed by atoms with Crippen LogP contribution in [0.25, 0.3) is 0 Å². The lowest BCUT2D eigenvalue weighted by atomic mass is 10.2. The molecule has 106 valence electrons. The summed E-state index contributed by atoms with van der Waals surface area (Å²) in [4.78, 5) is 11.0. The van der Waals surface area contributed by atoms with Crippen molar-refractivity contribution in [1.82, 2.24) is 5.32 Å². The van der Waals surface area contributed by atoms with E-state index in [9.17, 15) is 4.79 Å². The summed E-state index contributed by atoms with van der Waals surface area (Å²) in [5.74, 6) is 0.527. The number of methoxy groups -OCH3 is 1. The van der Waals surface area contributed by atoms with E-state index < -0.39 is 0 Å². The maximum atomic E-state index is 11.0. The van der Waals surface area contributed by atoms with Gasteiger partial charge in [0, 0.05) is 22.6 Å². The number of hydrogen-bond donors (Lipinski definition) is 1. The maximum Gasteiger partial charge on any atom is 0.308 e. The van der Waals surface area contributed by atoms with Crippen molar-refractivity contribution in [2.75, 3.05) is 13.7 Å². The highest BCUT2D eigenvalue weighted by molar-refractivity contribution is 9.10. The molecule has 0 heterocycles. The number of halogens is 1. The molecule has 1 N–H and O–H groups in total. The summed E-state index contributed by atoms with van der Waals surface area (Å²) in [6.07, 6.45) is 0.254. The van der Waals surface area contributed by atoms with Crippen molar-refractivity contribution in [1.29, 1.82) is 0 Å². The largest absolute Gasteiger partial charge is 0.493 e. The van der Waals surface area contributed by atoms with Crippen molar-refractivity contribution in [3.8, 4) is 5.75 Å². The zero-order chi connectivity index (χ0) is 14.3. The Morgan fingerprint density at radius 2 is 2.16 bits per heavy atom. The molecular formula is C14H20BrNO3. The van der Waals surface area contributed by atoms with E-state index in [2.05, 4.69) is 39.8 Å². The normalized spacial score (nSPS) is 10.6. The van der Waals surface area contributed by atoms with Gasteiger partial charge in [0.05, 0.1) is 20.1 Å². The van der Waals surface area contributed by atoms with Gasteiger partial charge in [-0.05, 0) is 18.2 Å². The Morgan fingerprint density at radius 3 is 2.79 bits per heavy atom. The fraction of sp³-hybridized carbons (Fsp3) is 0.500. The molecule has 0 bridgehead atoms. The van der Waals surface area contributed by atoms with Gasteiger partial charge in [0.25, 0.3) is 0 Å². The number of carbonyl (C=O) groups excluding carboxylic acids is 1. The fourth-order valence-corrected chi connectivity index (χ4v) is 1.90. The van der Waals surface area contributed by atoms with Crippen LogP contribution in [0.5, 0.6) is 5.75 Å². The zero-order valence-electron chi connectivity index (χ0n) is 11.5. The van der Waals surface area contributed by atoms with E-state index in [1.54, 1.807) is 0 Å². The summed E-state index contributed by atoms with van der Waals surface area (Å²) >= 11 is 3.45. The standard InChI is InChI=1S/C14H20BrNO3/c1-10(2)16-9-11-8-12(15)4-5-13(11)19-7-6-14(17)18-3/h4-5,8,10,16H,6-7,9H2,1-3H3. The summed E-state index contributed by atoms with van der Waals surface area (Å²) < 4.78 is 11.2. The van der Waals surface area contributed by atoms with E-state index in [0.717, 1.165) is 22.3 Å². The van der Waals surface area contributed by atoms with E-state index in [4.69, 9.17) is 4.74 Å². The first kappa shape index (κ1) is 16.0. The first-order valence-electron chi connectivity index (χ1n) is 6.24. The smallest absolute Gasteiger partial charge is 0.308 e. The van der Waals surface area contributed by atoms with Crippen molar-refractivity contribution in [3.05, 3.63) is 28.2 Å². The summed E-state index contributed by atoms with van der Waals surface area (Å²) in [7, 11) is 1.37.